The second kappa shape index (κ2) is 9.24. The number of phosphoric ester groups is 1. The predicted molar refractivity (Wildman–Crippen MR) is 48.4 cm³/mol. The number of phosphoric acid groups is 1. The van der Waals surface area contributed by atoms with Crippen molar-refractivity contribution in [1.29, 1.82) is 0 Å². The fourth-order valence-corrected chi connectivity index (χ4v) is 1.99. The Morgan fingerprint density at radius 3 is 2.20 bits per heavy atom. The molecule has 0 amide bonds. The van der Waals surface area contributed by atoms with Gasteiger partial charge in [0.1, 0.15) is 18.3 Å². The van der Waals surface area contributed by atoms with Gasteiger partial charge in [0.2, 0.25) is 5.79 Å². The minimum absolute atomic E-state index is 0. The van der Waals surface area contributed by atoms with Crippen LogP contribution < -0.4 is 68.9 Å². The number of aliphatic hydroxyl groups is 4. The molecule has 1 saturated heterocycles. The molecule has 0 radical (unpaired) electrons. The van der Waals surface area contributed by atoms with E-state index in [0.717, 1.165) is 7.11 Å². The van der Waals surface area contributed by atoms with Crippen molar-refractivity contribution >= 4 is 7.82 Å². The number of aliphatic hydroxyl groups excluding tert-OH is 3. The van der Waals surface area contributed by atoms with E-state index in [0.29, 0.717) is 0 Å². The first-order valence-electron chi connectivity index (χ1n) is 4.76. The molecule has 1 aliphatic heterocycles. The quantitative estimate of drug-likeness (QED) is 0.220. The third-order valence-electron chi connectivity index (χ3n) is 2.51. The van der Waals surface area contributed by atoms with Crippen molar-refractivity contribution in [3.05, 3.63) is 0 Å². The maximum absolute atomic E-state index is 10.4. The average molecular weight is 334 g/mol. The summed E-state index contributed by atoms with van der Waals surface area (Å²) < 4.78 is 23.5. The first kappa shape index (κ1) is 24.1. The van der Waals surface area contributed by atoms with Crippen molar-refractivity contribution in [1.82, 2.24) is 0 Å². The molecule has 1 rings (SSSR count). The van der Waals surface area contributed by atoms with E-state index in [1.54, 1.807) is 0 Å². The summed E-state index contributed by atoms with van der Waals surface area (Å²) in [4.78, 5) is 20.8. The second-order valence-corrected chi connectivity index (χ2v) is 4.72. The van der Waals surface area contributed by atoms with Crippen LogP contribution in [0.1, 0.15) is 0 Å². The van der Waals surface area contributed by atoms with Crippen molar-refractivity contribution in [2.75, 3.05) is 13.7 Å². The molecule has 13 heteroatoms. The molecule has 108 valence electrons. The number of hydrogen-bond donors (Lipinski definition) is 4. The summed E-state index contributed by atoms with van der Waals surface area (Å²) in [5.41, 5.74) is 0. The van der Waals surface area contributed by atoms with Crippen LogP contribution in [-0.4, -0.2) is 64.5 Å². The maximum atomic E-state index is 10.4. The minimum Gasteiger partial charge on any atom is -0.790 e. The summed E-state index contributed by atoms with van der Waals surface area (Å²) in [6.07, 6.45) is -7.77. The van der Waals surface area contributed by atoms with Crippen molar-refractivity contribution in [2.24, 2.45) is 0 Å². The van der Waals surface area contributed by atoms with E-state index in [1.165, 1.54) is 0 Å². The molecule has 1 aliphatic rings. The smallest absolute Gasteiger partial charge is 0.790 e. The largest absolute Gasteiger partial charge is 1.00 e. The van der Waals surface area contributed by atoms with Crippen LogP contribution in [0.3, 0.4) is 0 Å². The van der Waals surface area contributed by atoms with Gasteiger partial charge < -0.3 is 48.8 Å². The third kappa shape index (κ3) is 5.50. The van der Waals surface area contributed by atoms with Crippen LogP contribution in [0.2, 0.25) is 0 Å². The predicted octanol–water partition coefficient (Wildman–Crippen LogP) is -10.4. The molecule has 0 aromatic heterocycles. The zero-order chi connectivity index (χ0) is 14.1. The molecular formula is C7H13Na2O10P. The van der Waals surface area contributed by atoms with Gasteiger partial charge in [0, 0.05) is 7.11 Å². The van der Waals surface area contributed by atoms with Crippen LogP contribution in [0, 0.1) is 0 Å². The SMILES string of the molecule is CO[C@]1(O)[C@H](O)[C@@H](O)[C@@H](OP(=O)([O-])[O-])O[C@@H]1CO.[Na+].[Na+]. The Morgan fingerprint density at radius 1 is 1.35 bits per heavy atom. The molecule has 20 heavy (non-hydrogen) atoms. The molecule has 0 unspecified atom stereocenters. The second-order valence-electron chi connectivity index (χ2n) is 3.62. The zero-order valence-corrected chi connectivity index (χ0v) is 16.1. The van der Waals surface area contributed by atoms with Gasteiger partial charge in [-0.1, -0.05) is 0 Å². The van der Waals surface area contributed by atoms with Crippen molar-refractivity contribution in [3.63, 3.8) is 0 Å². The Hall–Kier alpha value is 1.87. The topological polar surface area (TPSA) is 172 Å². The molecule has 5 atom stereocenters. The summed E-state index contributed by atoms with van der Waals surface area (Å²) in [6.45, 7) is -0.879. The van der Waals surface area contributed by atoms with E-state index in [9.17, 15) is 29.7 Å². The Kier molecular flexibility index (Phi) is 11.1. The Bertz CT molecular complexity index is 336. The fraction of sp³-hybridized carbons (Fsp3) is 1.00. The van der Waals surface area contributed by atoms with Gasteiger partial charge in [-0.15, -0.1) is 0 Å². The van der Waals surface area contributed by atoms with Crippen LogP contribution in [0.5, 0.6) is 0 Å². The van der Waals surface area contributed by atoms with E-state index in [1.807, 2.05) is 0 Å². The van der Waals surface area contributed by atoms with E-state index in [-0.39, 0.29) is 59.1 Å². The van der Waals surface area contributed by atoms with Crippen LogP contribution in [-0.2, 0) is 18.6 Å². The zero-order valence-electron chi connectivity index (χ0n) is 11.2. The molecule has 4 N–H and O–H groups in total. The fourth-order valence-electron chi connectivity index (χ4n) is 1.56. The molecule has 0 saturated carbocycles. The molecule has 0 aromatic carbocycles. The van der Waals surface area contributed by atoms with Crippen LogP contribution in [0.25, 0.3) is 0 Å². The Morgan fingerprint density at radius 2 is 1.85 bits per heavy atom. The average Bonchev–Trinajstić information content (AvgIpc) is 2.28. The van der Waals surface area contributed by atoms with Gasteiger partial charge in [-0.3, -0.25) is 0 Å². The van der Waals surface area contributed by atoms with Gasteiger partial charge >= 0.3 is 59.1 Å². The summed E-state index contributed by atoms with van der Waals surface area (Å²) in [6, 6.07) is 0. The van der Waals surface area contributed by atoms with Crippen LogP contribution in [0.15, 0.2) is 0 Å². The summed E-state index contributed by atoms with van der Waals surface area (Å²) in [5, 5.41) is 37.8. The maximum Gasteiger partial charge on any atom is 1.00 e. The van der Waals surface area contributed by atoms with Gasteiger partial charge in [-0.25, -0.2) is 0 Å². The third-order valence-corrected chi connectivity index (χ3v) is 2.98. The Labute approximate surface area is 158 Å². The van der Waals surface area contributed by atoms with Gasteiger partial charge in [0.15, 0.2) is 6.29 Å². The molecule has 0 aliphatic carbocycles. The van der Waals surface area contributed by atoms with Crippen LogP contribution in [0.4, 0.5) is 0 Å². The van der Waals surface area contributed by atoms with E-state index < -0.39 is 44.8 Å². The van der Waals surface area contributed by atoms with Crippen molar-refractivity contribution < 1.29 is 108 Å². The van der Waals surface area contributed by atoms with Gasteiger partial charge in [0.25, 0.3) is 0 Å². The van der Waals surface area contributed by atoms with E-state index in [2.05, 4.69) is 14.0 Å². The first-order valence-corrected chi connectivity index (χ1v) is 6.22. The van der Waals surface area contributed by atoms with Crippen molar-refractivity contribution in [2.45, 2.75) is 30.4 Å². The number of hydrogen-bond acceptors (Lipinski definition) is 10. The van der Waals surface area contributed by atoms with E-state index in [4.69, 9.17) is 5.11 Å². The number of rotatable bonds is 4. The van der Waals surface area contributed by atoms with Crippen LogP contribution >= 0.6 is 7.82 Å². The standard InChI is InChI=1S/C7H15O10P.2Na/c1-15-7(11)3(2-8)16-6(4(9)5(7)10)17-18(12,13)14;;/h3-6,8-11H,2H2,1H3,(H2,12,13,14);;/q;2*+1/p-2/t3-,4-,5-,6-,7+;;/m1../s1. The van der Waals surface area contributed by atoms with Gasteiger partial charge in [-0.05, 0) is 0 Å². The van der Waals surface area contributed by atoms with Gasteiger partial charge in [-0.2, -0.15) is 0 Å². The van der Waals surface area contributed by atoms with Crippen molar-refractivity contribution in [3.8, 4) is 0 Å². The molecule has 0 spiro atoms. The monoisotopic (exact) mass is 334 g/mol. The molecule has 1 fully saturated rings. The summed E-state index contributed by atoms with van der Waals surface area (Å²) in [7, 11) is -4.52. The number of methoxy groups -OCH3 is 1. The number of ether oxygens (including phenoxy) is 2. The summed E-state index contributed by atoms with van der Waals surface area (Å²) >= 11 is 0. The van der Waals surface area contributed by atoms with E-state index >= 15 is 0 Å². The molecule has 0 bridgehead atoms. The van der Waals surface area contributed by atoms with Gasteiger partial charge in [0.05, 0.1) is 14.4 Å². The normalized spacial score (nSPS) is 37.8. The minimum atomic E-state index is -5.49. The molecule has 10 nitrogen and oxygen atoms in total. The summed E-state index contributed by atoms with van der Waals surface area (Å²) in [5.74, 6) is -2.47. The molecular weight excluding hydrogens is 321 g/mol. The first-order chi connectivity index (χ1) is 8.15. The molecule has 0 aromatic rings. The molecule has 1 heterocycles. The Balaban J connectivity index is 0.